The lowest BCUT2D eigenvalue weighted by Crippen LogP contribution is -2.20. The number of rotatable bonds is 6. The number of fused-ring (bicyclic) bond motifs is 1. The molecular weight excluding hydrogens is 302 g/mol. The molecule has 24 heavy (non-hydrogen) atoms. The molecule has 0 fully saturated rings. The third-order valence-electron chi connectivity index (χ3n) is 3.72. The van der Waals surface area contributed by atoms with Crippen molar-refractivity contribution in [2.24, 2.45) is 5.10 Å². The van der Waals surface area contributed by atoms with Gasteiger partial charge in [0.15, 0.2) is 5.82 Å². The van der Waals surface area contributed by atoms with Gasteiger partial charge in [0, 0.05) is 30.1 Å². The van der Waals surface area contributed by atoms with E-state index in [0.29, 0.717) is 12.4 Å². The van der Waals surface area contributed by atoms with E-state index < -0.39 is 0 Å². The molecule has 122 valence electrons. The Hall–Kier alpha value is -2.99. The highest BCUT2D eigenvalue weighted by Crippen LogP contribution is 2.19. The van der Waals surface area contributed by atoms with Crippen molar-refractivity contribution >= 4 is 28.5 Å². The summed E-state index contributed by atoms with van der Waals surface area (Å²) >= 11 is 0. The molecule has 3 rings (SSSR count). The highest BCUT2D eigenvalue weighted by molar-refractivity contribution is 5.91. The number of aliphatic hydroxyl groups is 1. The maximum atomic E-state index is 8.97. The number of anilines is 2. The maximum Gasteiger partial charge on any atom is 0.176 e. The summed E-state index contributed by atoms with van der Waals surface area (Å²) < 4.78 is 0. The van der Waals surface area contributed by atoms with Crippen LogP contribution in [0.1, 0.15) is 5.56 Å². The number of nitrogens with zero attached hydrogens (tertiary/aromatic N) is 4. The molecule has 0 saturated heterocycles. The van der Waals surface area contributed by atoms with E-state index in [1.165, 1.54) is 0 Å². The molecule has 0 atom stereocenters. The van der Waals surface area contributed by atoms with Crippen molar-refractivity contribution in [1.82, 2.24) is 10.2 Å². The molecule has 0 aliphatic rings. The topological polar surface area (TPSA) is 73.6 Å². The third kappa shape index (κ3) is 3.67. The Morgan fingerprint density at radius 3 is 2.75 bits per heavy atom. The number of benzene rings is 2. The molecule has 1 aromatic heterocycles. The van der Waals surface area contributed by atoms with Crippen LogP contribution in [0, 0.1) is 0 Å². The monoisotopic (exact) mass is 321 g/mol. The van der Waals surface area contributed by atoms with Gasteiger partial charge < -0.3 is 10.0 Å². The molecule has 0 aliphatic carbocycles. The Morgan fingerprint density at radius 2 is 1.96 bits per heavy atom. The summed E-state index contributed by atoms with van der Waals surface area (Å²) in [6.07, 6.45) is 3.46. The summed E-state index contributed by atoms with van der Waals surface area (Å²) in [5.74, 6) is 0.628. The van der Waals surface area contributed by atoms with Crippen LogP contribution in [0.4, 0.5) is 11.5 Å². The number of aliphatic hydroxyl groups excluding tert-OH is 1. The lowest BCUT2D eigenvalue weighted by Gasteiger charge is -2.17. The predicted octanol–water partition coefficient (Wildman–Crippen LogP) is 2.50. The normalized spacial score (nSPS) is 11.1. The standard InChI is InChI=1S/C18H19N5O/c1-23(10-11-24)16-8-6-14(7-9-16)12-19-21-18-17-5-3-2-4-15(17)13-20-22-18/h2-9,12-13,24H,10-11H2,1H3,(H,21,22). The van der Waals surface area contributed by atoms with Crippen molar-refractivity contribution in [3.8, 4) is 0 Å². The Labute approximate surface area is 140 Å². The van der Waals surface area contributed by atoms with Crippen molar-refractivity contribution in [2.45, 2.75) is 0 Å². The number of likely N-dealkylation sites (N-methyl/N-ethyl adjacent to an activating group) is 1. The second-order valence-corrected chi connectivity index (χ2v) is 5.39. The predicted molar refractivity (Wildman–Crippen MR) is 97.6 cm³/mol. The molecule has 0 bridgehead atoms. The molecule has 1 heterocycles. The van der Waals surface area contributed by atoms with Gasteiger partial charge in [0.25, 0.3) is 0 Å². The van der Waals surface area contributed by atoms with Gasteiger partial charge in [-0.05, 0) is 17.7 Å². The fraction of sp³-hybridized carbons (Fsp3) is 0.167. The summed E-state index contributed by atoms with van der Waals surface area (Å²) in [5, 5.41) is 23.3. The van der Waals surface area contributed by atoms with Gasteiger partial charge in [-0.15, -0.1) is 5.10 Å². The van der Waals surface area contributed by atoms with Crippen LogP contribution in [-0.2, 0) is 0 Å². The third-order valence-corrected chi connectivity index (χ3v) is 3.72. The second kappa shape index (κ2) is 7.52. The number of hydrazone groups is 1. The largest absolute Gasteiger partial charge is 0.395 e. The minimum Gasteiger partial charge on any atom is -0.395 e. The van der Waals surface area contributed by atoms with E-state index in [1.54, 1.807) is 12.4 Å². The van der Waals surface area contributed by atoms with Gasteiger partial charge in [0.05, 0.1) is 19.0 Å². The molecule has 0 saturated carbocycles. The first-order chi connectivity index (χ1) is 11.8. The Balaban J connectivity index is 1.70. The second-order valence-electron chi connectivity index (χ2n) is 5.39. The molecule has 2 N–H and O–H groups in total. The van der Waals surface area contributed by atoms with Gasteiger partial charge in [0.2, 0.25) is 0 Å². The number of hydrogen-bond donors (Lipinski definition) is 2. The van der Waals surface area contributed by atoms with E-state index in [-0.39, 0.29) is 6.61 Å². The minimum atomic E-state index is 0.135. The Morgan fingerprint density at radius 1 is 1.17 bits per heavy atom. The summed E-state index contributed by atoms with van der Waals surface area (Å²) in [4.78, 5) is 1.99. The molecule has 0 unspecified atom stereocenters. The molecule has 0 amide bonds. The van der Waals surface area contributed by atoms with Crippen molar-refractivity contribution in [3.63, 3.8) is 0 Å². The molecule has 0 radical (unpaired) electrons. The van der Waals surface area contributed by atoms with E-state index >= 15 is 0 Å². The summed E-state index contributed by atoms with van der Waals surface area (Å²) in [7, 11) is 1.94. The van der Waals surface area contributed by atoms with Gasteiger partial charge in [0.1, 0.15) is 0 Å². The van der Waals surface area contributed by atoms with Crippen LogP contribution in [0.2, 0.25) is 0 Å². The number of nitrogens with one attached hydrogen (secondary N) is 1. The molecule has 0 aliphatic heterocycles. The average molecular weight is 321 g/mol. The van der Waals surface area contributed by atoms with Crippen molar-refractivity contribution < 1.29 is 5.11 Å². The number of hydrogen-bond acceptors (Lipinski definition) is 6. The fourth-order valence-corrected chi connectivity index (χ4v) is 2.37. The van der Waals surface area contributed by atoms with Gasteiger partial charge >= 0.3 is 0 Å². The fourth-order valence-electron chi connectivity index (χ4n) is 2.37. The minimum absolute atomic E-state index is 0.135. The van der Waals surface area contributed by atoms with Gasteiger partial charge in [-0.25, -0.2) is 0 Å². The van der Waals surface area contributed by atoms with Crippen molar-refractivity contribution in [1.29, 1.82) is 0 Å². The molecule has 6 heteroatoms. The molecule has 2 aromatic carbocycles. The zero-order valence-electron chi connectivity index (χ0n) is 13.4. The van der Waals surface area contributed by atoms with E-state index in [0.717, 1.165) is 22.0 Å². The summed E-state index contributed by atoms with van der Waals surface area (Å²) in [6, 6.07) is 15.8. The van der Waals surface area contributed by atoms with Crippen LogP contribution in [0.5, 0.6) is 0 Å². The highest BCUT2D eigenvalue weighted by Gasteiger charge is 2.01. The highest BCUT2D eigenvalue weighted by atomic mass is 16.3. The molecule has 0 spiro atoms. The molecule has 6 nitrogen and oxygen atoms in total. The summed E-state index contributed by atoms with van der Waals surface area (Å²) in [6.45, 7) is 0.741. The first-order valence-corrected chi connectivity index (χ1v) is 7.69. The Bertz CT molecular complexity index is 827. The SMILES string of the molecule is CN(CCO)c1ccc(C=NNc2nncc3ccccc23)cc1. The zero-order chi connectivity index (χ0) is 16.8. The smallest absolute Gasteiger partial charge is 0.176 e. The summed E-state index contributed by atoms with van der Waals surface area (Å²) in [5.41, 5.74) is 4.97. The van der Waals surface area contributed by atoms with E-state index in [2.05, 4.69) is 20.7 Å². The van der Waals surface area contributed by atoms with Gasteiger partial charge in [-0.2, -0.15) is 10.2 Å². The van der Waals surface area contributed by atoms with E-state index in [1.807, 2.05) is 60.5 Å². The lowest BCUT2D eigenvalue weighted by atomic mass is 10.2. The first kappa shape index (κ1) is 15.9. The van der Waals surface area contributed by atoms with Crippen LogP contribution >= 0.6 is 0 Å². The lowest BCUT2D eigenvalue weighted by molar-refractivity contribution is 0.304. The van der Waals surface area contributed by atoms with Crippen LogP contribution in [-0.4, -0.2) is 41.7 Å². The quantitative estimate of drug-likeness (QED) is 0.539. The number of aromatic nitrogens is 2. The van der Waals surface area contributed by atoms with Crippen LogP contribution in [0.25, 0.3) is 10.8 Å². The van der Waals surface area contributed by atoms with Crippen LogP contribution in [0.3, 0.4) is 0 Å². The molecular formula is C18H19N5O. The van der Waals surface area contributed by atoms with Crippen molar-refractivity contribution in [2.75, 3.05) is 30.5 Å². The van der Waals surface area contributed by atoms with Gasteiger partial charge in [-0.1, -0.05) is 36.4 Å². The zero-order valence-corrected chi connectivity index (χ0v) is 13.4. The van der Waals surface area contributed by atoms with E-state index in [4.69, 9.17) is 5.11 Å². The van der Waals surface area contributed by atoms with Crippen LogP contribution < -0.4 is 10.3 Å². The van der Waals surface area contributed by atoms with E-state index in [9.17, 15) is 0 Å². The Kier molecular flexibility index (Phi) is 4.98. The first-order valence-electron chi connectivity index (χ1n) is 7.69. The average Bonchev–Trinajstić information content (AvgIpc) is 2.63. The van der Waals surface area contributed by atoms with Crippen molar-refractivity contribution in [3.05, 3.63) is 60.3 Å². The van der Waals surface area contributed by atoms with Crippen LogP contribution in [0.15, 0.2) is 59.8 Å². The van der Waals surface area contributed by atoms with Gasteiger partial charge in [-0.3, -0.25) is 5.43 Å². The molecule has 3 aromatic rings. The maximum absolute atomic E-state index is 8.97.